The van der Waals surface area contributed by atoms with E-state index in [2.05, 4.69) is 11.0 Å². The van der Waals surface area contributed by atoms with Crippen molar-refractivity contribution in [1.82, 2.24) is 4.90 Å². The first-order valence-electron chi connectivity index (χ1n) is 7.67. The van der Waals surface area contributed by atoms with E-state index in [1.54, 1.807) is 0 Å². The second-order valence-corrected chi connectivity index (χ2v) is 5.55. The fourth-order valence-electron chi connectivity index (χ4n) is 2.85. The van der Waals surface area contributed by atoms with Gasteiger partial charge in [0.05, 0.1) is 0 Å². The molecule has 5 nitrogen and oxygen atoms in total. The summed E-state index contributed by atoms with van der Waals surface area (Å²) in [6.07, 6.45) is 1.36. The number of hydrogen-bond acceptors (Lipinski definition) is 4. The molecule has 1 amide bonds. The van der Waals surface area contributed by atoms with Gasteiger partial charge in [-0.1, -0.05) is 6.92 Å². The molecule has 0 bridgehead atoms. The lowest BCUT2D eigenvalue weighted by Gasteiger charge is -2.36. The number of fused-ring (bicyclic) bond motifs is 1. The molecule has 0 radical (unpaired) electrons. The molecule has 21 heavy (non-hydrogen) atoms. The predicted octanol–water partition coefficient (Wildman–Crippen LogP) is 2.25. The molecular formula is C16H22N2O3. The molecule has 0 spiro atoms. The molecule has 0 saturated carbocycles. The van der Waals surface area contributed by atoms with E-state index in [4.69, 9.17) is 9.47 Å². The summed E-state index contributed by atoms with van der Waals surface area (Å²) in [5.41, 5.74) is 1.13. The number of rotatable bonds is 3. The zero-order chi connectivity index (χ0) is 14.8. The highest BCUT2D eigenvalue weighted by Crippen LogP contribution is 2.37. The Morgan fingerprint density at radius 3 is 2.62 bits per heavy atom. The number of nitrogens with zero attached hydrogens (tertiary/aromatic N) is 2. The van der Waals surface area contributed by atoms with Crippen molar-refractivity contribution in [3.63, 3.8) is 0 Å². The van der Waals surface area contributed by atoms with E-state index in [1.807, 2.05) is 30.9 Å². The molecule has 0 aliphatic carbocycles. The first-order valence-corrected chi connectivity index (χ1v) is 7.67. The maximum absolute atomic E-state index is 11.9. The summed E-state index contributed by atoms with van der Waals surface area (Å²) >= 11 is 0. The van der Waals surface area contributed by atoms with E-state index in [1.165, 1.54) is 0 Å². The summed E-state index contributed by atoms with van der Waals surface area (Å²) in [5, 5.41) is 0. The number of hydrogen-bond donors (Lipinski definition) is 0. The van der Waals surface area contributed by atoms with E-state index in [0.29, 0.717) is 6.42 Å². The Labute approximate surface area is 125 Å². The maximum Gasteiger partial charge on any atom is 0.238 e. The van der Waals surface area contributed by atoms with Gasteiger partial charge in [0.25, 0.3) is 0 Å². The standard InChI is InChI=1S/C16H22N2O3/c1-3-4-16(19)18-9-7-17(8-10-18)13-5-6-14-15(11-13)21-12(2)20-14/h5-6,11-12H,3-4,7-10H2,1-2H3/t12-/m1/s1. The van der Waals surface area contributed by atoms with Gasteiger partial charge < -0.3 is 19.3 Å². The van der Waals surface area contributed by atoms with Gasteiger partial charge in [0.15, 0.2) is 11.5 Å². The van der Waals surface area contributed by atoms with Crippen molar-refractivity contribution >= 4 is 11.6 Å². The smallest absolute Gasteiger partial charge is 0.238 e. The van der Waals surface area contributed by atoms with E-state index < -0.39 is 0 Å². The van der Waals surface area contributed by atoms with Crippen LogP contribution in [0.3, 0.4) is 0 Å². The van der Waals surface area contributed by atoms with E-state index >= 15 is 0 Å². The highest BCUT2D eigenvalue weighted by Gasteiger charge is 2.24. The molecule has 0 aromatic heterocycles. The highest BCUT2D eigenvalue weighted by atomic mass is 16.7. The third kappa shape index (κ3) is 2.91. The molecule has 114 valence electrons. The van der Waals surface area contributed by atoms with Crippen LogP contribution in [0.25, 0.3) is 0 Å². The zero-order valence-electron chi connectivity index (χ0n) is 12.7. The monoisotopic (exact) mass is 290 g/mol. The summed E-state index contributed by atoms with van der Waals surface area (Å²) in [4.78, 5) is 16.2. The minimum atomic E-state index is -0.209. The van der Waals surface area contributed by atoms with Crippen LogP contribution in [0.1, 0.15) is 26.7 Å². The average Bonchev–Trinajstić information content (AvgIpc) is 2.86. The van der Waals surface area contributed by atoms with Crippen LogP contribution in [0, 0.1) is 0 Å². The Kier molecular flexibility index (Phi) is 3.90. The van der Waals surface area contributed by atoms with Gasteiger partial charge in [0.2, 0.25) is 12.2 Å². The molecule has 1 atom stereocenters. The van der Waals surface area contributed by atoms with Gasteiger partial charge in [0.1, 0.15) is 0 Å². The Morgan fingerprint density at radius 2 is 1.90 bits per heavy atom. The van der Waals surface area contributed by atoms with Gasteiger partial charge in [-0.2, -0.15) is 0 Å². The van der Waals surface area contributed by atoms with E-state index in [0.717, 1.165) is 49.8 Å². The molecule has 2 aliphatic heterocycles. The summed E-state index contributed by atoms with van der Waals surface area (Å²) in [6.45, 7) is 7.25. The second-order valence-electron chi connectivity index (χ2n) is 5.55. The Hall–Kier alpha value is -1.91. The van der Waals surface area contributed by atoms with Crippen LogP contribution in [0.4, 0.5) is 5.69 Å². The highest BCUT2D eigenvalue weighted by molar-refractivity contribution is 5.76. The molecule has 1 saturated heterocycles. The Morgan fingerprint density at radius 1 is 1.19 bits per heavy atom. The summed E-state index contributed by atoms with van der Waals surface area (Å²) < 4.78 is 11.1. The van der Waals surface area contributed by atoms with Crippen molar-refractivity contribution in [3.05, 3.63) is 18.2 Å². The molecule has 0 unspecified atom stereocenters. The number of carbonyl (C=O) groups is 1. The van der Waals surface area contributed by atoms with Crippen molar-refractivity contribution in [1.29, 1.82) is 0 Å². The quantitative estimate of drug-likeness (QED) is 0.856. The largest absolute Gasteiger partial charge is 0.451 e. The first-order chi connectivity index (χ1) is 10.2. The van der Waals surface area contributed by atoms with Gasteiger partial charge in [-0.3, -0.25) is 4.79 Å². The predicted molar refractivity (Wildman–Crippen MR) is 80.9 cm³/mol. The third-order valence-electron chi connectivity index (χ3n) is 3.97. The number of ether oxygens (including phenoxy) is 2. The number of piperazine rings is 1. The van der Waals surface area contributed by atoms with Crippen molar-refractivity contribution < 1.29 is 14.3 Å². The zero-order valence-corrected chi connectivity index (χ0v) is 12.7. The number of amides is 1. The van der Waals surface area contributed by atoms with Gasteiger partial charge in [-0.05, 0) is 18.6 Å². The summed E-state index contributed by atoms with van der Waals surface area (Å²) in [7, 11) is 0. The minimum Gasteiger partial charge on any atom is -0.451 e. The fourth-order valence-corrected chi connectivity index (χ4v) is 2.85. The maximum atomic E-state index is 11.9. The minimum absolute atomic E-state index is 0.209. The van der Waals surface area contributed by atoms with Gasteiger partial charge in [-0.15, -0.1) is 0 Å². The van der Waals surface area contributed by atoms with Crippen molar-refractivity contribution in [3.8, 4) is 11.5 Å². The van der Waals surface area contributed by atoms with Crippen LogP contribution >= 0.6 is 0 Å². The van der Waals surface area contributed by atoms with Crippen LogP contribution < -0.4 is 14.4 Å². The number of anilines is 1. The van der Waals surface area contributed by atoms with Gasteiger partial charge >= 0.3 is 0 Å². The van der Waals surface area contributed by atoms with Crippen LogP contribution in [0.15, 0.2) is 18.2 Å². The Balaban J connectivity index is 1.62. The molecule has 0 N–H and O–H groups in total. The molecule has 2 heterocycles. The van der Waals surface area contributed by atoms with Crippen molar-refractivity contribution in [2.75, 3.05) is 31.1 Å². The number of carbonyl (C=O) groups excluding carboxylic acids is 1. The van der Waals surface area contributed by atoms with E-state index in [9.17, 15) is 4.79 Å². The molecule has 1 aromatic rings. The van der Waals surface area contributed by atoms with Crippen LogP contribution in [-0.4, -0.2) is 43.3 Å². The fraction of sp³-hybridized carbons (Fsp3) is 0.562. The molecular weight excluding hydrogens is 268 g/mol. The molecule has 1 fully saturated rings. The lowest BCUT2D eigenvalue weighted by atomic mass is 10.2. The van der Waals surface area contributed by atoms with E-state index in [-0.39, 0.29) is 12.2 Å². The van der Waals surface area contributed by atoms with Crippen molar-refractivity contribution in [2.24, 2.45) is 0 Å². The third-order valence-corrected chi connectivity index (χ3v) is 3.97. The molecule has 2 aliphatic rings. The average molecular weight is 290 g/mol. The molecule has 1 aromatic carbocycles. The molecule has 3 rings (SSSR count). The summed E-state index contributed by atoms with van der Waals surface area (Å²) in [6, 6.07) is 6.05. The van der Waals surface area contributed by atoms with Crippen LogP contribution in [-0.2, 0) is 4.79 Å². The van der Waals surface area contributed by atoms with Gasteiger partial charge in [0, 0.05) is 51.3 Å². The first kappa shape index (κ1) is 14.0. The van der Waals surface area contributed by atoms with Gasteiger partial charge in [-0.25, -0.2) is 0 Å². The number of benzene rings is 1. The van der Waals surface area contributed by atoms with Crippen LogP contribution in [0.2, 0.25) is 0 Å². The Bertz CT molecular complexity index is 524. The van der Waals surface area contributed by atoms with Crippen molar-refractivity contribution in [2.45, 2.75) is 33.0 Å². The lowest BCUT2D eigenvalue weighted by Crippen LogP contribution is -2.48. The van der Waals surface area contributed by atoms with Crippen LogP contribution in [0.5, 0.6) is 11.5 Å². The molecule has 5 heteroatoms. The topological polar surface area (TPSA) is 42.0 Å². The lowest BCUT2D eigenvalue weighted by molar-refractivity contribution is -0.131. The SMILES string of the molecule is CCCC(=O)N1CCN(c2ccc3c(c2)O[C@H](C)O3)CC1. The normalized spacial score (nSPS) is 20.8. The summed E-state index contributed by atoms with van der Waals surface area (Å²) in [5.74, 6) is 1.89. The second kappa shape index (κ2) is 5.84.